The zero-order valence-electron chi connectivity index (χ0n) is 13.4. The van der Waals surface area contributed by atoms with Gasteiger partial charge in [0.25, 0.3) is 5.91 Å². The summed E-state index contributed by atoms with van der Waals surface area (Å²) in [6.07, 6.45) is 4.71. The fraction of sp³-hybridized carbons (Fsp3) is 0.412. The maximum absolute atomic E-state index is 12.3. The largest absolute Gasteiger partial charge is 0.396 e. The van der Waals surface area contributed by atoms with Crippen LogP contribution in [0.15, 0.2) is 36.5 Å². The van der Waals surface area contributed by atoms with Crippen molar-refractivity contribution in [2.24, 2.45) is 0 Å². The molecule has 3 N–H and O–H groups in total. The zero-order chi connectivity index (χ0) is 16.1. The molecule has 1 aliphatic rings. The Morgan fingerprint density at radius 1 is 1.33 bits per heavy atom. The number of rotatable bonds is 5. The van der Waals surface area contributed by atoms with E-state index in [1.165, 1.54) is 0 Å². The lowest BCUT2D eigenvalue weighted by Crippen LogP contribution is -2.32. The fourth-order valence-electron chi connectivity index (χ4n) is 2.80. The van der Waals surface area contributed by atoms with Gasteiger partial charge >= 0.3 is 0 Å². The Morgan fingerprint density at radius 2 is 2.12 bits per heavy atom. The number of aliphatic hydroxyl groups excluding tert-OH is 1. The molecule has 1 fully saturated rings. The molecule has 1 amide bonds. The van der Waals surface area contributed by atoms with Gasteiger partial charge in [0.1, 0.15) is 0 Å². The normalized spacial score (nSPS) is 17.1. The van der Waals surface area contributed by atoms with Gasteiger partial charge < -0.3 is 15.7 Å². The molecule has 1 saturated heterocycles. The number of nitrogens with zero attached hydrogens (tertiary/aromatic N) is 2. The van der Waals surface area contributed by atoms with Crippen LogP contribution in [0.3, 0.4) is 0 Å². The highest BCUT2D eigenvalue weighted by Gasteiger charge is 2.17. The summed E-state index contributed by atoms with van der Waals surface area (Å²) >= 11 is 0. The van der Waals surface area contributed by atoms with Gasteiger partial charge in [0.15, 0.2) is 5.69 Å². The molecule has 1 aromatic heterocycles. The third kappa shape index (κ3) is 4.56. The summed E-state index contributed by atoms with van der Waals surface area (Å²) in [5.41, 5.74) is 2.19. The van der Waals surface area contributed by atoms with Gasteiger partial charge in [0.2, 0.25) is 0 Å². The average molecular weight is 351 g/mol. The molecule has 24 heavy (non-hydrogen) atoms. The van der Waals surface area contributed by atoms with Gasteiger partial charge in [-0.2, -0.15) is 5.10 Å². The maximum atomic E-state index is 12.3. The number of piperidine rings is 1. The lowest BCUT2D eigenvalue weighted by atomic mass is 10.1. The Morgan fingerprint density at radius 3 is 2.79 bits per heavy atom. The van der Waals surface area contributed by atoms with E-state index >= 15 is 0 Å². The Kier molecular flexibility index (Phi) is 6.78. The minimum Gasteiger partial charge on any atom is -0.396 e. The molecule has 3 rings (SSSR count). The molecule has 1 aliphatic heterocycles. The minimum atomic E-state index is -0.206. The van der Waals surface area contributed by atoms with Crippen molar-refractivity contribution in [2.45, 2.75) is 25.3 Å². The zero-order valence-corrected chi connectivity index (χ0v) is 14.3. The van der Waals surface area contributed by atoms with Crippen LogP contribution in [0.4, 0.5) is 5.69 Å². The molecule has 0 bridgehead atoms. The summed E-state index contributed by atoms with van der Waals surface area (Å²) in [4.78, 5) is 12.3. The molecular formula is C17H23ClN4O2. The molecule has 0 aliphatic carbocycles. The summed E-state index contributed by atoms with van der Waals surface area (Å²) in [7, 11) is 0. The molecule has 6 nitrogen and oxygen atoms in total. The number of hydrogen-bond donors (Lipinski definition) is 3. The van der Waals surface area contributed by atoms with Gasteiger partial charge in [-0.25, -0.2) is 0 Å². The number of halogens is 1. The molecule has 2 aromatic rings. The molecule has 7 heteroatoms. The van der Waals surface area contributed by atoms with Crippen LogP contribution in [-0.2, 0) is 6.42 Å². The SMILES string of the molecule is Cl.O=C(Nc1ccc(CCO)cc1)c1ccn(C2CCCNC2)n1. The van der Waals surface area contributed by atoms with Crippen LogP contribution in [0.2, 0.25) is 0 Å². The smallest absolute Gasteiger partial charge is 0.276 e. The first-order chi connectivity index (χ1) is 11.3. The average Bonchev–Trinajstić information content (AvgIpc) is 3.08. The van der Waals surface area contributed by atoms with Crippen LogP contribution >= 0.6 is 12.4 Å². The molecule has 0 spiro atoms. The third-order valence-electron chi connectivity index (χ3n) is 4.10. The quantitative estimate of drug-likeness (QED) is 0.770. The number of hydrogen-bond acceptors (Lipinski definition) is 4. The second-order valence-electron chi connectivity index (χ2n) is 5.81. The van der Waals surface area contributed by atoms with Crippen molar-refractivity contribution >= 4 is 24.0 Å². The Labute approximate surface area is 147 Å². The van der Waals surface area contributed by atoms with E-state index in [1.54, 1.807) is 6.07 Å². The van der Waals surface area contributed by atoms with E-state index in [4.69, 9.17) is 5.11 Å². The number of carbonyl (C=O) groups excluding carboxylic acids is 1. The first-order valence-corrected chi connectivity index (χ1v) is 8.03. The highest BCUT2D eigenvalue weighted by atomic mass is 35.5. The number of aromatic nitrogens is 2. The van der Waals surface area contributed by atoms with Crippen LogP contribution in [0.5, 0.6) is 0 Å². The van der Waals surface area contributed by atoms with Crippen LogP contribution in [0.1, 0.15) is 34.9 Å². The van der Waals surface area contributed by atoms with Gasteiger partial charge in [0.05, 0.1) is 6.04 Å². The minimum absolute atomic E-state index is 0. The molecule has 1 aromatic carbocycles. The molecule has 130 valence electrons. The van der Waals surface area contributed by atoms with E-state index in [-0.39, 0.29) is 24.9 Å². The van der Waals surface area contributed by atoms with Crippen molar-refractivity contribution in [1.82, 2.24) is 15.1 Å². The van der Waals surface area contributed by atoms with Crippen LogP contribution < -0.4 is 10.6 Å². The van der Waals surface area contributed by atoms with E-state index in [0.29, 0.717) is 18.2 Å². The van der Waals surface area contributed by atoms with E-state index in [9.17, 15) is 4.79 Å². The number of benzene rings is 1. The standard InChI is InChI=1S/C17H22N4O2.ClH/c22-11-8-13-3-5-14(6-4-13)19-17(23)16-7-10-21(20-16)15-2-1-9-18-12-15;/h3-7,10,15,18,22H,1-2,8-9,11-12H2,(H,19,23);1H. The van der Waals surface area contributed by atoms with E-state index < -0.39 is 0 Å². The Bertz CT molecular complexity index is 651. The topological polar surface area (TPSA) is 79.2 Å². The lowest BCUT2D eigenvalue weighted by molar-refractivity contribution is 0.102. The number of carbonyl (C=O) groups is 1. The second-order valence-corrected chi connectivity index (χ2v) is 5.81. The molecule has 1 unspecified atom stereocenters. The number of anilines is 1. The predicted octanol–water partition coefficient (Wildman–Crippen LogP) is 2.02. The summed E-state index contributed by atoms with van der Waals surface area (Å²) in [6, 6.07) is 9.55. The third-order valence-corrected chi connectivity index (χ3v) is 4.10. The van der Waals surface area contributed by atoms with Crippen molar-refractivity contribution in [3.05, 3.63) is 47.8 Å². The van der Waals surface area contributed by atoms with Gasteiger partial charge in [-0.05, 0) is 49.6 Å². The van der Waals surface area contributed by atoms with Crippen LogP contribution in [0.25, 0.3) is 0 Å². The predicted molar refractivity (Wildman–Crippen MR) is 95.8 cm³/mol. The lowest BCUT2D eigenvalue weighted by Gasteiger charge is -2.22. The van der Waals surface area contributed by atoms with Gasteiger partial charge in [0, 0.05) is 25.0 Å². The summed E-state index contributed by atoms with van der Waals surface area (Å²) in [5, 5.41) is 19.5. The van der Waals surface area contributed by atoms with E-state index in [2.05, 4.69) is 15.7 Å². The number of amides is 1. The molecule has 1 atom stereocenters. The van der Waals surface area contributed by atoms with Crippen molar-refractivity contribution in [2.75, 3.05) is 25.0 Å². The summed E-state index contributed by atoms with van der Waals surface area (Å²) < 4.78 is 1.88. The van der Waals surface area contributed by atoms with Gasteiger partial charge in [-0.15, -0.1) is 12.4 Å². The molecule has 0 radical (unpaired) electrons. The number of nitrogens with one attached hydrogen (secondary N) is 2. The van der Waals surface area contributed by atoms with Crippen molar-refractivity contribution in [3.63, 3.8) is 0 Å². The van der Waals surface area contributed by atoms with Crippen molar-refractivity contribution in [1.29, 1.82) is 0 Å². The van der Waals surface area contributed by atoms with Crippen molar-refractivity contribution in [3.8, 4) is 0 Å². The van der Waals surface area contributed by atoms with E-state index in [0.717, 1.165) is 37.2 Å². The highest BCUT2D eigenvalue weighted by Crippen LogP contribution is 2.16. The Balaban J connectivity index is 0.00000208. The monoisotopic (exact) mass is 350 g/mol. The summed E-state index contributed by atoms with van der Waals surface area (Å²) in [5.74, 6) is -0.206. The van der Waals surface area contributed by atoms with Crippen LogP contribution in [0, 0.1) is 0 Å². The maximum Gasteiger partial charge on any atom is 0.276 e. The summed E-state index contributed by atoms with van der Waals surface area (Å²) in [6.45, 7) is 2.08. The number of aliphatic hydroxyl groups is 1. The first-order valence-electron chi connectivity index (χ1n) is 8.03. The van der Waals surface area contributed by atoms with Crippen molar-refractivity contribution < 1.29 is 9.90 Å². The van der Waals surface area contributed by atoms with Gasteiger partial charge in [-0.1, -0.05) is 12.1 Å². The Hall–Kier alpha value is -1.89. The fourth-order valence-corrected chi connectivity index (χ4v) is 2.80. The second kappa shape index (κ2) is 8.82. The molecular weight excluding hydrogens is 328 g/mol. The van der Waals surface area contributed by atoms with Gasteiger partial charge in [-0.3, -0.25) is 9.48 Å². The highest BCUT2D eigenvalue weighted by molar-refractivity contribution is 6.02. The molecule has 0 saturated carbocycles. The molecule has 2 heterocycles. The van der Waals surface area contributed by atoms with Crippen LogP contribution in [-0.4, -0.2) is 40.5 Å². The van der Waals surface area contributed by atoms with E-state index in [1.807, 2.05) is 35.1 Å². The first kappa shape index (κ1) is 18.4.